The first-order valence-corrected chi connectivity index (χ1v) is 9.05. The van der Waals surface area contributed by atoms with Crippen LogP contribution in [0.5, 0.6) is 0 Å². The highest BCUT2D eigenvalue weighted by Gasteiger charge is 2.28. The molecule has 1 heterocycles. The smallest absolute Gasteiger partial charge is 0.246 e. The number of sulfonamides is 1. The van der Waals surface area contributed by atoms with E-state index in [1.807, 2.05) is 0 Å². The number of amides is 1. The third-order valence-corrected chi connectivity index (χ3v) is 5.91. The normalized spacial score (nSPS) is 14.3. The molecule has 0 radical (unpaired) electrons. The largest absolute Gasteiger partial charge is 0.326 e. The molecule has 132 valence electrons. The maximum absolute atomic E-state index is 14.3. The minimum atomic E-state index is -4.15. The molecule has 0 aliphatic carbocycles. The van der Waals surface area contributed by atoms with Gasteiger partial charge < -0.3 is 5.32 Å². The molecule has 1 amide bonds. The number of nitrogens with zero attached hydrogens (tertiary/aromatic N) is 1. The van der Waals surface area contributed by atoms with Gasteiger partial charge in [-0.3, -0.25) is 4.79 Å². The fraction of sp³-hybridized carbons (Fsp3) is 0.235. The van der Waals surface area contributed by atoms with Gasteiger partial charge in [0.2, 0.25) is 15.9 Å². The standard InChI is InChI=1S/C17H16F2N2O3S/c1-21(10-12-4-2-3-5-13(12)18)25(23,24)16-8-11-6-7-17(22)20-15(11)9-14(16)19/h2-5,8-9H,6-7,10H2,1H3,(H,20,22). The van der Waals surface area contributed by atoms with Crippen LogP contribution < -0.4 is 5.32 Å². The summed E-state index contributed by atoms with van der Waals surface area (Å²) >= 11 is 0. The fourth-order valence-electron chi connectivity index (χ4n) is 2.70. The third-order valence-electron chi connectivity index (χ3n) is 4.09. The Kier molecular flexibility index (Phi) is 4.57. The number of hydrogen-bond acceptors (Lipinski definition) is 3. The summed E-state index contributed by atoms with van der Waals surface area (Å²) in [5.41, 5.74) is 1.03. The summed E-state index contributed by atoms with van der Waals surface area (Å²) in [5, 5.41) is 2.52. The van der Waals surface area contributed by atoms with E-state index >= 15 is 0 Å². The van der Waals surface area contributed by atoms with Crippen LogP contribution in [0.1, 0.15) is 17.5 Å². The first-order valence-electron chi connectivity index (χ1n) is 7.61. The minimum Gasteiger partial charge on any atom is -0.326 e. The number of benzene rings is 2. The second-order valence-electron chi connectivity index (χ2n) is 5.84. The Morgan fingerprint density at radius 1 is 1.12 bits per heavy atom. The summed E-state index contributed by atoms with van der Waals surface area (Å²) in [5.74, 6) is -1.72. The van der Waals surface area contributed by atoms with Crippen molar-refractivity contribution in [1.82, 2.24) is 4.31 Å². The van der Waals surface area contributed by atoms with E-state index in [-0.39, 0.29) is 30.1 Å². The van der Waals surface area contributed by atoms with E-state index in [0.717, 1.165) is 10.4 Å². The zero-order valence-electron chi connectivity index (χ0n) is 13.4. The van der Waals surface area contributed by atoms with E-state index < -0.39 is 26.6 Å². The molecule has 1 aliphatic rings. The van der Waals surface area contributed by atoms with Crippen molar-refractivity contribution < 1.29 is 22.0 Å². The zero-order valence-corrected chi connectivity index (χ0v) is 14.2. The van der Waals surface area contributed by atoms with Crippen LogP contribution in [0.15, 0.2) is 41.3 Å². The van der Waals surface area contributed by atoms with Gasteiger partial charge in [-0.1, -0.05) is 18.2 Å². The minimum absolute atomic E-state index is 0.194. The van der Waals surface area contributed by atoms with Gasteiger partial charge in [-0.05, 0) is 30.2 Å². The highest BCUT2D eigenvalue weighted by Crippen LogP contribution is 2.29. The van der Waals surface area contributed by atoms with Crippen LogP contribution >= 0.6 is 0 Å². The molecular weight excluding hydrogens is 350 g/mol. The van der Waals surface area contributed by atoms with E-state index in [4.69, 9.17) is 0 Å². The Hall–Kier alpha value is -2.32. The molecule has 0 unspecified atom stereocenters. The van der Waals surface area contributed by atoms with E-state index in [9.17, 15) is 22.0 Å². The SMILES string of the molecule is CN(Cc1ccccc1F)S(=O)(=O)c1cc2c(cc1F)NC(=O)CC2. The first kappa shape index (κ1) is 17.5. The van der Waals surface area contributed by atoms with Gasteiger partial charge in [0, 0.05) is 31.3 Å². The van der Waals surface area contributed by atoms with E-state index in [0.29, 0.717) is 12.0 Å². The lowest BCUT2D eigenvalue weighted by molar-refractivity contribution is -0.116. The van der Waals surface area contributed by atoms with Crippen LogP contribution in [-0.2, 0) is 27.8 Å². The molecule has 1 N–H and O–H groups in total. The summed E-state index contributed by atoms with van der Waals surface area (Å²) in [6.45, 7) is -0.220. The van der Waals surface area contributed by atoms with Crippen LogP contribution in [0.2, 0.25) is 0 Å². The monoisotopic (exact) mass is 366 g/mol. The van der Waals surface area contributed by atoms with Crippen molar-refractivity contribution >= 4 is 21.6 Å². The molecule has 0 aromatic heterocycles. The number of halogens is 2. The first-order chi connectivity index (χ1) is 11.8. The lowest BCUT2D eigenvalue weighted by Gasteiger charge is -2.21. The summed E-state index contributed by atoms with van der Waals surface area (Å²) in [6, 6.07) is 8.05. The topological polar surface area (TPSA) is 66.5 Å². The van der Waals surface area contributed by atoms with Gasteiger partial charge in [0.15, 0.2) is 0 Å². The number of hydrogen-bond donors (Lipinski definition) is 1. The molecule has 5 nitrogen and oxygen atoms in total. The second-order valence-corrected chi connectivity index (χ2v) is 7.85. The molecule has 25 heavy (non-hydrogen) atoms. The van der Waals surface area contributed by atoms with Gasteiger partial charge in [-0.2, -0.15) is 4.31 Å². The quantitative estimate of drug-likeness (QED) is 0.905. The molecular formula is C17H16F2N2O3S. The zero-order chi connectivity index (χ0) is 18.2. The number of rotatable bonds is 4. The Morgan fingerprint density at radius 2 is 1.84 bits per heavy atom. The van der Waals surface area contributed by atoms with Gasteiger partial charge in [0.1, 0.15) is 16.5 Å². The highest BCUT2D eigenvalue weighted by molar-refractivity contribution is 7.89. The van der Waals surface area contributed by atoms with Crippen molar-refractivity contribution in [2.75, 3.05) is 12.4 Å². The fourth-order valence-corrected chi connectivity index (χ4v) is 3.94. The molecule has 1 aliphatic heterocycles. The van der Waals surface area contributed by atoms with E-state index in [2.05, 4.69) is 5.32 Å². The lowest BCUT2D eigenvalue weighted by atomic mass is 10.0. The van der Waals surface area contributed by atoms with Crippen LogP contribution in [0, 0.1) is 11.6 Å². The summed E-state index contributed by atoms with van der Waals surface area (Å²) < 4.78 is 54.4. The molecule has 0 atom stereocenters. The van der Waals surface area contributed by atoms with Gasteiger partial charge >= 0.3 is 0 Å². The predicted octanol–water partition coefficient (Wildman–Crippen LogP) is 2.67. The van der Waals surface area contributed by atoms with Crippen LogP contribution in [0.3, 0.4) is 0 Å². The highest BCUT2D eigenvalue weighted by atomic mass is 32.2. The Balaban J connectivity index is 1.94. The van der Waals surface area contributed by atoms with Crippen molar-refractivity contribution in [1.29, 1.82) is 0 Å². The molecule has 0 saturated heterocycles. The molecule has 2 aromatic rings. The molecule has 2 aromatic carbocycles. The lowest BCUT2D eigenvalue weighted by Crippen LogP contribution is -2.28. The van der Waals surface area contributed by atoms with Crippen molar-refractivity contribution in [3.63, 3.8) is 0 Å². The third kappa shape index (κ3) is 3.40. The number of carbonyl (C=O) groups is 1. The average Bonchev–Trinajstić information content (AvgIpc) is 2.56. The van der Waals surface area contributed by atoms with Gasteiger partial charge in [0.25, 0.3) is 0 Å². The number of carbonyl (C=O) groups excluding carboxylic acids is 1. The van der Waals surface area contributed by atoms with E-state index in [1.165, 1.54) is 31.3 Å². The molecule has 8 heteroatoms. The predicted molar refractivity (Wildman–Crippen MR) is 88.4 cm³/mol. The number of nitrogens with one attached hydrogen (secondary N) is 1. The maximum atomic E-state index is 14.3. The van der Waals surface area contributed by atoms with Crippen molar-refractivity contribution in [2.24, 2.45) is 0 Å². The second kappa shape index (κ2) is 6.53. The molecule has 0 saturated carbocycles. The molecule has 0 spiro atoms. The molecule has 0 fully saturated rings. The average molecular weight is 366 g/mol. The summed E-state index contributed by atoms with van der Waals surface area (Å²) in [7, 11) is -2.89. The van der Waals surface area contributed by atoms with Crippen molar-refractivity contribution in [2.45, 2.75) is 24.3 Å². The number of fused-ring (bicyclic) bond motifs is 1. The van der Waals surface area contributed by atoms with Crippen molar-refractivity contribution in [3.05, 3.63) is 59.2 Å². The Morgan fingerprint density at radius 3 is 2.56 bits per heavy atom. The maximum Gasteiger partial charge on any atom is 0.246 e. The van der Waals surface area contributed by atoms with Crippen LogP contribution in [0.4, 0.5) is 14.5 Å². The summed E-state index contributed by atoms with van der Waals surface area (Å²) in [4.78, 5) is 10.9. The molecule has 3 rings (SSSR count). The van der Waals surface area contributed by atoms with Crippen LogP contribution in [-0.4, -0.2) is 25.7 Å². The van der Waals surface area contributed by atoms with Gasteiger partial charge in [-0.25, -0.2) is 17.2 Å². The van der Waals surface area contributed by atoms with Gasteiger partial charge in [-0.15, -0.1) is 0 Å². The van der Waals surface area contributed by atoms with Crippen molar-refractivity contribution in [3.8, 4) is 0 Å². The molecule has 0 bridgehead atoms. The number of aryl methyl sites for hydroxylation is 1. The Bertz CT molecular complexity index is 945. The van der Waals surface area contributed by atoms with Crippen LogP contribution in [0.25, 0.3) is 0 Å². The Labute approximate surface area is 144 Å². The van der Waals surface area contributed by atoms with E-state index in [1.54, 1.807) is 6.07 Å². The summed E-state index contributed by atoms with van der Waals surface area (Å²) in [6.07, 6.45) is 0.546. The van der Waals surface area contributed by atoms with Gasteiger partial charge in [0.05, 0.1) is 0 Å². The number of anilines is 1.